The highest BCUT2D eigenvalue weighted by molar-refractivity contribution is 6.29. The highest BCUT2D eigenvalue weighted by Gasteiger charge is 2.16. The van der Waals surface area contributed by atoms with Gasteiger partial charge in [-0.05, 0) is 37.1 Å². The van der Waals surface area contributed by atoms with E-state index in [9.17, 15) is 4.79 Å². The molecular formula is C18H19ClN6O. The van der Waals surface area contributed by atoms with Crippen LogP contribution in [0.3, 0.4) is 0 Å². The SMILES string of the molecule is O=C(Nc1nc2cccc(NC3CCCCC3)n2n1)c1ccc(Cl)nc1. The Morgan fingerprint density at radius 1 is 1.15 bits per heavy atom. The number of hydrogen-bond donors (Lipinski definition) is 2. The van der Waals surface area contributed by atoms with Crippen LogP contribution in [0.25, 0.3) is 5.65 Å². The fourth-order valence-electron chi connectivity index (χ4n) is 3.21. The summed E-state index contributed by atoms with van der Waals surface area (Å²) in [6.07, 6.45) is 7.56. The summed E-state index contributed by atoms with van der Waals surface area (Å²) in [6, 6.07) is 9.40. The largest absolute Gasteiger partial charge is 0.367 e. The fraction of sp³-hybridized carbons (Fsp3) is 0.333. The predicted molar refractivity (Wildman–Crippen MR) is 101 cm³/mol. The lowest BCUT2D eigenvalue weighted by atomic mass is 9.95. The minimum absolute atomic E-state index is 0.253. The van der Waals surface area contributed by atoms with Crippen LogP contribution in [-0.4, -0.2) is 31.5 Å². The molecule has 0 atom stereocenters. The molecule has 1 saturated carbocycles. The summed E-state index contributed by atoms with van der Waals surface area (Å²) in [7, 11) is 0. The quantitative estimate of drug-likeness (QED) is 0.683. The molecule has 4 rings (SSSR count). The van der Waals surface area contributed by atoms with Crippen molar-refractivity contribution in [1.82, 2.24) is 19.6 Å². The third kappa shape index (κ3) is 3.62. The maximum absolute atomic E-state index is 12.3. The van der Waals surface area contributed by atoms with E-state index in [-0.39, 0.29) is 11.9 Å². The van der Waals surface area contributed by atoms with Gasteiger partial charge in [-0.15, -0.1) is 5.10 Å². The molecule has 0 saturated heterocycles. The van der Waals surface area contributed by atoms with Crippen LogP contribution >= 0.6 is 11.6 Å². The average Bonchev–Trinajstić information content (AvgIpc) is 3.06. The van der Waals surface area contributed by atoms with Crippen molar-refractivity contribution < 1.29 is 4.79 Å². The van der Waals surface area contributed by atoms with Crippen LogP contribution in [0.4, 0.5) is 11.8 Å². The van der Waals surface area contributed by atoms with Gasteiger partial charge in [-0.2, -0.15) is 9.50 Å². The van der Waals surface area contributed by atoms with Gasteiger partial charge in [0, 0.05) is 12.2 Å². The lowest BCUT2D eigenvalue weighted by Crippen LogP contribution is -2.23. The lowest BCUT2D eigenvalue weighted by Gasteiger charge is -2.23. The van der Waals surface area contributed by atoms with Crippen molar-refractivity contribution >= 4 is 34.9 Å². The maximum atomic E-state index is 12.3. The van der Waals surface area contributed by atoms with Gasteiger partial charge in [-0.25, -0.2) is 4.98 Å². The molecule has 1 fully saturated rings. The number of nitrogens with zero attached hydrogens (tertiary/aromatic N) is 4. The number of rotatable bonds is 4. The molecule has 8 heteroatoms. The van der Waals surface area contributed by atoms with Crippen LogP contribution in [0.5, 0.6) is 0 Å². The molecule has 1 amide bonds. The molecule has 3 aromatic heterocycles. The zero-order chi connectivity index (χ0) is 17.9. The van der Waals surface area contributed by atoms with E-state index in [4.69, 9.17) is 11.6 Å². The first kappa shape index (κ1) is 16.8. The van der Waals surface area contributed by atoms with Crippen molar-refractivity contribution in [1.29, 1.82) is 0 Å². The number of carbonyl (C=O) groups is 1. The number of hydrogen-bond acceptors (Lipinski definition) is 5. The van der Waals surface area contributed by atoms with E-state index in [1.165, 1.54) is 25.5 Å². The van der Waals surface area contributed by atoms with E-state index >= 15 is 0 Å². The van der Waals surface area contributed by atoms with Gasteiger partial charge in [0.25, 0.3) is 5.91 Å². The van der Waals surface area contributed by atoms with Crippen LogP contribution < -0.4 is 10.6 Å². The number of pyridine rings is 2. The minimum atomic E-state index is -0.327. The third-order valence-corrected chi connectivity index (χ3v) is 4.76. The zero-order valence-electron chi connectivity index (χ0n) is 14.2. The molecule has 0 spiro atoms. The van der Waals surface area contributed by atoms with Gasteiger partial charge in [-0.3, -0.25) is 10.1 Å². The van der Waals surface area contributed by atoms with Crippen LogP contribution in [0.15, 0.2) is 36.5 Å². The van der Waals surface area contributed by atoms with Crippen molar-refractivity contribution in [2.24, 2.45) is 0 Å². The molecule has 2 N–H and O–H groups in total. The molecule has 1 aliphatic rings. The number of aromatic nitrogens is 4. The Morgan fingerprint density at radius 2 is 2.00 bits per heavy atom. The van der Waals surface area contributed by atoms with Crippen molar-refractivity contribution in [3.63, 3.8) is 0 Å². The zero-order valence-corrected chi connectivity index (χ0v) is 14.9. The Labute approximate surface area is 155 Å². The van der Waals surface area contributed by atoms with Gasteiger partial charge in [0.2, 0.25) is 5.95 Å². The summed E-state index contributed by atoms with van der Waals surface area (Å²) < 4.78 is 1.73. The Kier molecular flexibility index (Phi) is 4.71. The first-order valence-electron chi connectivity index (χ1n) is 8.74. The summed E-state index contributed by atoms with van der Waals surface area (Å²) in [6.45, 7) is 0. The normalized spacial score (nSPS) is 15.1. The summed E-state index contributed by atoms with van der Waals surface area (Å²) in [4.78, 5) is 20.6. The van der Waals surface area contributed by atoms with Crippen LogP contribution in [0.2, 0.25) is 5.15 Å². The summed E-state index contributed by atoms with van der Waals surface area (Å²) in [5, 5.41) is 11.0. The Balaban J connectivity index is 1.54. The molecule has 0 bridgehead atoms. The van der Waals surface area contributed by atoms with Gasteiger partial charge >= 0.3 is 0 Å². The van der Waals surface area contributed by atoms with E-state index in [2.05, 4.69) is 25.7 Å². The molecule has 7 nitrogen and oxygen atoms in total. The van der Waals surface area contributed by atoms with E-state index < -0.39 is 0 Å². The first-order chi connectivity index (χ1) is 12.7. The van der Waals surface area contributed by atoms with Gasteiger partial charge in [0.05, 0.1) is 5.56 Å². The number of amides is 1. The second kappa shape index (κ2) is 7.29. The van der Waals surface area contributed by atoms with E-state index in [1.807, 2.05) is 18.2 Å². The highest BCUT2D eigenvalue weighted by atomic mass is 35.5. The predicted octanol–water partition coefficient (Wildman–Crippen LogP) is 3.77. The van der Waals surface area contributed by atoms with E-state index in [0.717, 1.165) is 18.7 Å². The molecule has 1 aliphatic carbocycles. The highest BCUT2D eigenvalue weighted by Crippen LogP contribution is 2.22. The molecule has 0 radical (unpaired) electrons. The summed E-state index contributed by atoms with van der Waals surface area (Å²) in [5.41, 5.74) is 1.07. The molecule has 0 aromatic carbocycles. The molecule has 3 heterocycles. The molecule has 134 valence electrons. The number of halogens is 1. The second-order valence-electron chi connectivity index (χ2n) is 6.42. The smallest absolute Gasteiger partial charge is 0.259 e. The number of fused-ring (bicyclic) bond motifs is 1. The molecule has 0 unspecified atom stereocenters. The topological polar surface area (TPSA) is 84.2 Å². The van der Waals surface area contributed by atoms with E-state index in [1.54, 1.807) is 16.6 Å². The fourth-order valence-corrected chi connectivity index (χ4v) is 3.32. The number of anilines is 2. The van der Waals surface area contributed by atoms with Gasteiger partial charge in [0.1, 0.15) is 11.0 Å². The third-order valence-electron chi connectivity index (χ3n) is 4.53. The van der Waals surface area contributed by atoms with Crippen molar-refractivity contribution in [3.05, 3.63) is 47.2 Å². The monoisotopic (exact) mass is 370 g/mol. The summed E-state index contributed by atoms with van der Waals surface area (Å²) in [5.74, 6) is 0.810. The second-order valence-corrected chi connectivity index (χ2v) is 6.81. The maximum Gasteiger partial charge on any atom is 0.259 e. The lowest BCUT2D eigenvalue weighted by molar-refractivity contribution is 0.102. The molecular weight excluding hydrogens is 352 g/mol. The number of nitrogens with one attached hydrogen (secondary N) is 2. The van der Waals surface area contributed by atoms with E-state index in [0.29, 0.717) is 22.4 Å². The Hall–Kier alpha value is -2.67. The van der Waals surface area contributed by atoms with Crippen molar-refractivity contribution in [2.45, 2.75) is 38.1 Å². The molecule has 0 aliphatic heterocycles. The van der Waals surface area contributed by atoms with Gasteiger partial charge < -0.3 is 5.32 Å². The molecule has 3 aromatic rings. The first-order valence-corrected chi connectivity index (χ1v) is 9.12. The van der Waals surface area contributed by atoms with Crippen LogP contribution in [-0.2, 0) is 0 Å². The number of carbonyl (C=O) groups excluding carboxylic acids is 1. The minimum Gasteiger partial charge on any atom is -0.367 e. The van der Waals surface area contributed by atoms with Crippen LogP contribution in [0, 0.1) is 0 Å². The van der Waals surface area contributed by atoms with Crippen molar-refractivity contribution in [3.8, 4) is 0 Å². The van der Waals surface area contributed by atoms with Gasteiger partial charge in [-0.1, -0.05) is 36.9 Å². The average molecular weight is 371 g/mol. The Morgan fingerprint density at radius 3 is 2.77 bits per heavy atom. The standard InChI is InChI=1S/C18H19ClN6O/c19-14-10-9-12(11-20-14)17(26)23-18-22-16-8-4-7-15(25(16)24-18)21-13-5-2-1-3-6-13/h4,7-11,13,21H,1-3,5-6H2,(H,23,24,26). The van der Waals surface area contributed by atoms with Crippen molar-refractivity contribution in [2.75, 3.05) is 10.6 Å². The van der Waals surface area contributed by atoms with Crippen LogP contribution in [0.1, 0.15) is 42.5 Å². The Bertz CT molecular complexity index is 917. The summed E-state index contributed by atoms with van der Waals surface area (Å²) >= 11 is 5.75. The van der Waals surface area contributed by atoms with Gasteiger partial charge in [0.15, 0.2) is 5.65 Å². The molecule has 26 heavy (non-hydrogen) atoms.